The molecule has 1 aromatic carbocycles. The Morgan fingerprint density at radius 2 is 2.08 bits per heavy atom. The Morgan fingerprint density at radius 3 is 2.67 bits per heavy atom. The molecule has 0 aromatic heterocycles. The highest BCUT2D eigenvalue weighted by molar-refractivity contribution is 7.98. The monoisotopic (exact) mass is 349 g/mol. The van der Waals surface area contributed by atoms with Crippen LogP contribution in [0.3, 0.4) is 0 Å². The van der Waals surface area contributed by atoms with Gasteiger partial charge in [0, 0.05) is 18.0 Å². The molecule has 1 amide bonds. The summed E-state index contributed by atoms with van der Waals surface area (Å²) >= 11 is 1.65. The van der Waals surface area contributed by atoms with Crippen molar-refractivity contribution in [2.24, 2.45) is 11.3 Å². The number of thioether (sulfide) groups is 1. The van der Waals surface area contributed by atoms with Crippen LogP contribution in [0.1, 0.15) is 26.2 Å². The first-order valence-corrected chi connectivity index (χ1v) is 9.51. The van der Waals surface area contributed by atoms with Crippen molar-refractivity contribution in [2.45, 2.75) is 37.2 Å². The molecule has 2 aliphatic rings. The molecule has 5 nitrogen and oxygen atoms in total. The van der Waals surface area contributed by atoms with E-state index >= 15 is 0 Å². The molecule has 1 saturated heterocycles. The number of carbonyl (C=O) groups is 2. The third kappa shape index (κ3) is 2.99. The Morgan fingerprint density at radius 1 is 1.38 bits per heavy atom. The summed E-state index contributed by atoms with van der Waals surface area (Å²) in [6, 6.07) is 7.62. The van der Waals surface area contributed by atoms with Gasteiger partial charge in [0.2, 0.25) is 0 Å². The maximum absolute atomic E-state index is 12.7. The van der Waals surface area contributed by atoms with Crippen molar-refractivity contribution in [3.63, 3.8) is 0 Å². The molecule has 1 heterocycles. The van der Waals surface area contributed by atoms with Crippen LogP contribution in [0.2, 0.25) is 0 Å². The van der Waals surface area contributed by atoms with Gasteiger partial charge in [-0.15, -0.1) is 11.8 Å². The predicted molar refractivity (Wildman–Crippen MR) is 92.3 cm³/mol. The SMILES string of the molecule is CSc1ccc(OC(C)C(=O)N2C[C@@H]3CCC[C@@]3(C(=O)O)C2)cc1. The zero-order valence-corrected chi connectivity index (χ0v) is 14.8. The number of benzene rings is 1. The molecule has 0 radical (unpaired) electrons. The van der Waals surface area contributed by atoms with Crippen molar-refractivity contribution in [3.8, 4) is 5.75 Å². The van der Waals surface area contributed by atoms with Crippen LogP contribution in [-0.2, 0) is 9.59 Å². The number of amides is 1. The lowest BCUT2D eigenvalue weighted by atomic mass is 9.81. The number of likely N-dealkylation sites (tertiary alicyclic amines) is 1. The van der Waals surface area contributed by atoms with Gasteiger partial charge in [0.1, 0.15) is 5.75 Å². The number of nitrogens with zero attached hydrogens (tertiary/aromatic N) is 1. The van der Waals surface area contributed by atoms with Crippen molar-refractivity contribution in [3.05, 3.63) is 24.3 Å². The maximum Gasteiger partial charge on any atom is 0.311 e. The lowest BCUT2D eigenvalue weighted by Gasteiger charge is -2.25. The van der Waals surface area contributed by atoms with Gasteiger partial charge in [0.15, 0.2) is 6.10 Å². The second-order valence-corrected chi connectivity index (χ2v) is 7.58. The average Bonchev–Trinajstić information content (AvgIpc) is 3.13. The largest absolute Gasteiger partial charge is 0.481 e. The van der Waals surface area contributed by atoms with E-state index in [1.54, 1.807) is 23.6 Å². The summed E-state index contributed by atoms with van der Waals surface area (Å²) in [4.78, 5) is 27.2. The van der Waals surface area contributed by atoms with E-state index in [4.69, 9.17) is 4.74 Å². The molecule has 1 N–H and O–H groups in total. The second kappa shape index (κ2) is 6.67. The number of aliphatic carboxylic acids is 1. The van der Waals surface area contributed by atoms with Gasteiger partial charge < -0.3 is 14.7 Å². The first-order valence-electron chi connectivity index (χ1n) is 8.29. The minimum absolute atomic E-state index is 0.0759. The highest BCUT2D eigenvalue weighted by atomic mass is 32.2. The zero-order valence-electron chi connectivity index (χ0n) is 14.0. The van der Waals surface area contributed by atoms with Crippen LogP contribution >= 0.6 is 11.8 Å². The molecule has 3 atom stereocenters. The lowest BCUT2D eigenvalue weighted by molar-refractivity contribution is -0.150. The molecule has 0 spiro atoms. The summed E-state index contributed by atoms with van der Waals surface area (Å²) in [6.07, 6.45) is 3.89. The smallest absolute Gasteiger partial charge is 0.311 e. The number of hydrogen-bond donors (Lipinski definition) is 1. The quantitative estimate of drug-likeness (QED) is 0.828. The second-order valence-electron chi connectivity index (χ2n) is 6.70. The molecule has 0 bridgehead atoms. The Bertz CT molecular complexity index is 632. The highest BCUT2D eigenvalue weighted by Crippen LogP contribution is 2.49. The van der Waals surface area contributed by atoms with E-state index in [-0.39, 0.29) is 11.8 Å². The van der Waals surface area contributed by atoms with E-state index < -0.39 is 17.5 Å². The van der Waals surface area contributed by atoms with Crippen molar-refractivity contribution < 1.29 is 19.4 Å². The fourth-order valence-corrected chi connectivity index (χ4v) is 4.38. The molecule has 6 heteroatoms. The highest BCUT2D eigenvalue weighted by Gasteiger charge is 2.56. The van der Waals surface area contributed by atoms with Crippen molar-refractivity contribution in [1.29, 1.82) is 0 Å². The van der Waals surface area contributed by atoms with Gasteiger partial charge in [-0.25, -0.2) is 0 Å². The molecular formula is C18H23NO4S. The van der Waals surface area contributed by atoms with Gasteiger partial charge in [-0.1, -0.05) is 6.42 Å². The molecule has 1 unspecified atom stereocenters. The van der Waals surface area contributed by atoms with Crippen LogP contribution in [0.25, 0.3) is 0 Å². The predicted octanol–water partition coefficient (Wildman–Crippen LogP) is 2.89. The summed E-state index contributed by atoms with van der Waals surface area (Å²) in [6.45, 7) is 2.57. The normalized spacial score (nSPS) is 26.9. The molecule has 1 aliphatic carbocycles. The van der Waals surface area contributed by atoms with Gasteiger partial charge in [-0.2, -0.15) is 0 Å². The summed E-state index contributed by atoms with van der Waals surface area (Å²) in [5.74, 6) is -0.159. The number of carboxylic acids is 1. The molecular weight excluding hydrogens is 326 g/mol. The van der Waals surface area contributed by atoms with E-state index in [1.807, 2.05) is 30.5 Å². The molecule has 1 aromatic rings. The van der Waals surface area contributed by atoms with E-state index in [2.05, 4.69) is 0 Å². The van der Waals surface area contributed by atoms with Crippen LogP contribution in [0.5, 0.6) is 5.75 Å². The maximum atomic E-state index is 12.7. The van der Waals surface area contributed by atoms with Crippen LogP contribution in [0, 0.1) is 11.3 Å². The fraction of sp³-hybridized carbons (Fsp3) is 0.556. The van der Waals surface area contributed by atoms with Crippen LogP contribution in [0.15, 0.2) is 29.2 Å². The Kier molecular flexibility index (Phi) is 4.76. The zero-order chi connectivity index (χ0) is 17.3. The Balaban J connectivity index is 1.65. The van der Waals surface area contributed by atoms with Crippen molar-refractivity contribution in [1.82, 2.24) is 4.90 Å². The third-order valence-electron chi connectivity index (χ3n) is 5.33. The first-order chi connectivity index (χ1) is 11.5. The van der Waals surface area contributed by atoms with Gasteiger partial charge in [0.25, 0.3) is 5.91 Å². The van der Waals surface area contributed by atoms with E-state index in [9.17, 15) is 14.7 Å². The third-order valence-corrected chi connectivity index (χ3v) is 6.07. The van der Waals surface area contributed by atoms with Crippen molar-refractivity contribution in [2.75, 3.05) is 19.3 Å². The fourth-order valence-electron chi connectivity index (χ4n) is 3.97. The van der Waals surface area contributed by atoms with E-state index in [1.165, 1.54) is 0 Å². The Hall–Kier alpha value is -1.69. The van der Waals surface area contributed by atoms with Gasteiger partial charge in [-0.3, -0.25) is 9.59 Å². The summed E-state index contributed by atoms with van der Waals surface area (Å²) < 4.78 is 5.76. The molecule has 2 fully saturated rings. The lowest BCUT2D eigenvalue weighted by Crippen LogP contribution is -2.42. The van der Waals surface area contributed by atoms with E-state index in [0.29, 0.717) is 25.3 Å². The van der Waals surface area contributed by atoms with E-state index in [0.717, 1.165) is 17.7 Å². The van der Waals surface area contributed by atoms with Gasteiger partial charge in [-0.05, 0) is 56.2 Å². The summed E-state index contributed by atoms with van der Waals surface area (Å²) in [5, 5.41) is 9.63. The molecule has 3 rings (SSSR count). The average molecular weight is 349 g/mol. The number of ether oxygens (including phenoxy) is 1. The van der Waals surface area contributed by atoms with Crippen LogP contribution in [0.4, 0.5) is 0 Å². The topological polar surface area (TPSA) is 66.8 Å². The molecule has 24 heavy (non-hydrogen) atoms. The standard InChI is InChI=1S/C18H23NO4S/c1-12(23-14-5-7-15(24-2)8-6-14)16(20)19-10-13-4-3-9-18(13,11-19)17(21)22/h5-8,12-13H,3-4,9-11H2,1-2H3,(H,21,22)/t12?,13-,18+/m0/s1. The number of fused-ring (bicyclic) bond motifs is 1. The van der Waals surface area contributed by atoms with Crippen LogP contribution in [-0.4, -0.2) is 47.3 Å². The summed E-state index contributed by atoms with van der Waals surface area (Å²) in [5.41, 5.74) is -0.741. The molecule has 130 valence electrons. The summed E-state index contributed by atoms with van der Waals surface area (Å²) in [7, 11) is 0. The minimum Gasteiger partial charge on any atom is -0.481 e. The number of rotatable bonds is 5. The first kappa shape index (κ1) is 17.1. The number of carbonyl (C=O) groups excluding carboxylic acids is 1. The molecule has 1 saturated carbocycles. The minimum atomic E-state index is -0.762. The molecule has 1 aliphatic heterocycles. The Labute approximate surface area is 146 Å². The van der Waals surface area contributed by atoms with Crippen molar-refractivity contribution >= 4 is 23.6 Å². The van der Waals surface area contributed by atoms with Crippen LogP contribution < -0.4 is 4.74 Å². The number of carboxylic acid groups (broad SMARTS) is 1. The van der Waals surface area contributed by atoms with Gasteiger partial charge >= 0.3 is 5.97 Å². The number of hydrogen-bond acceptors (Lipinski definition) is 4. The van der Waals surface area contributed by atoms with Gasteiger partial charge in [0.05, 0.1) is 5.41 Å².